The first-order valence-electron chi connectivity index (χ1n) is 10.3. The number of benzene rings is 1. The molecule has 1 aliphatic heterocycles. The number of hydrogen-bond donors (Lipinski definition) is 1. The number of nitrogens with one attached hydrogen (secondary N) is 1. The number of rotatable bonds is 9. The maximum Gasteiger partial charge on any atom is 0.184 e. The van der Waals surface area contributed by atoms with E-state index in [-0.39, 0.29) is 22.3 Å². The Hall–Kier alpha value is -1.75. The molecular weight excluding hydrogens is 443 g/mol. The fourth-order valence-corrected chi connectivity index (χ4v) is 9.17. The molecule has 0 aliphatic carbocycles. The molecule has 1 fully saturated rings. The summed E-state index contributed by atoms with van der Waals surface area (Å²) in [6.45, 7) is 7.39. The summed E-state index contributed by atoms with van der Waals surface area (Å²) in [7, 11) is -7.53. The molecule has 1 N–H and O–H groups in total. The summed E-state index contributed by atoms with van der Waals surface area (Å²) in [6, 6.07) is 6.15. The average molecular weight is 473 g/mol. The van der Waals surface area contributed by atoms with Gasteiger partial charge in [0.1, 0.15) is 11.6 Å². The summed E-state index contributed by atoms with van der Waals surface area (Å²) in [4.78, 5) is 2.12. The van der Waals surface area contributed by atoms with Gasteiger partial charge < -0.3 is 9.73 Å². The average Bonchev–Trinajstić information content (AvgIpc) is 3.32. The van der Waals surface area contributed by atoms with Gasteiger partial charge in [-0.15, -0.1) is 0 Å². The predicted molar refractivity (Wildman–Crippen MR) is 117 cm³/mol. The van der Waals surface area contributed by atoms with Crippen molar-refractivity contribution in [1.29, 1.82) is 0 Å². The van der Waals surface area contributed by atoms with Crippen LogP contribution in [0.4, 0.5) is 4.39 Å². The molecule has 0 saturated carbocycles. The lowest BCUT2D eigenvalue weighted by Crippen LogP contribution is -2.47. The number of likely N-dealkylation sites (N-methyl/N-ethyl adjacent to an activating group) is 1. The Balaban J connectivity index is 1.88. The third kappa shape index (κ3) is 5.19. The minimum Gasteiger partial charge on any atom is -0.468 e. The topological polar surface area (TPSA) is 96.7 Å². The third-order valence-electron chi connectivity index (χ3n) is 5.84. The predicted octanol–water partition coefficient (Wildman–Crippen LogP) is 2.34. The van der Waals surface area contributed by atoms with Gasteiger partial charge in [0.2, 0.25) is 0 Å². The Bertz CT molecular complexity index is 1100. The van der Waals surface area contributed by atoms with E-state index in [9.17, 15) is 21.2 Å². The van der Waals surface area contributed by atoms with Crippen molar-refractivity contribution in [2.45, 2.75) is 43.0 Å². The molecule has 1 aromatic heterocycles. The fourth-order valence-electron chi connectivity index (χ4n) is 4.22. The van der Waals surface area contributed by atoms with Gasteiger partial charge in [-0.3, -0.25) is 4.90 Å². The molecule has 172 valence electrons. The molecule has 3 rings (SSSR count). The first-order chi connectivity index (χ1) is 14.6. The number of furan rings is 1. The zero-order valence-corrected chi connectivity index (χ0v) is 19.5. The van der Waals surface area contributed by atoms with Crippen molar-refractivity contribution < 1.29 is 25.6 Å². The number of hydrogen-bond acceptors (Lipinski definition) is 7. The first kappa shape index (κ1) is 23.9. The van der Waals surface area contributed by atoms with Crippen LogP contribution in [0.2, 0.25) is 0 Å². The molecule has 2 heterocycles. The highest BCUT2D eigenvalue weighted by Gasteiger charge is 2.46. The molecule has 0 radical (unpaired) electrons. The van der Waals surface area contributed by atoms with Crippen molar-refractivity contribution in [2.24, 2.45) is 0 Å². The molecule has 0 bridgehead atoms. The van der Waals surface area contributed by atoms with E-state index in [2.05, 4.69) is 10.2 Å². The van der Waals surface area contributed by atoms with E-state index >= 15 is 0 Å². The maximum atomic E-state index is 13.5. The van der Waals surface area contributed by atoms with Gasteiger partial charge in [0.15, 0.2) is 19.7 Å². The minimum absolute atomic E-state index is 0.0332. The van der Waals surface area contributed by atoms with E-state index in [4.69, 9.17) is 4.42 Å². The van der Waals surface area contributed by atoms with Crippen molar-refractivity contribution in [3.63, 3.8) is 0 Å². The Morgan fingerprint density at radius 2 is 1.94 bits per heavy atom. The lowest BCUT2D eigenvalue weighted by atomic mass is 10.1. The van der Waals surface area contributed by atoms with Crippen LogP contribution in [0.1, 0.15) is 31.2 Å². The van der Waals surface area contributed by atoms with Crippen LogP contribution < -0.4 is 5.32 Å². The molecule has 3 atom stereocenters. The van der Waals surface area contributed by atoms with Crippen LogP contribution in [-0.2, 0) is 19.7 Å². The Morgan fingerprint density at radius 3 is 2.52 bits per heavy atom. The Kier molecular flexibility index (Phi) is 7.25. The van der Waals surface area contributed by atoms with E-state index in [1.54, 1.807) is 12.3 Å². The van der Waals surface area contributed by atoms with Crippen molar-refractivity contribution in [1.82, 2.24) is 10.2 Å². The molecule has 2 aromatic rings. The van der Waals surface area contributed by atoms with E-state index in [0.29, 0.717) is 6.54 Å². The van der Waals surface area contributed by atoms with E-state index in [0.717, 1.165) is 31.0 Å². The third-order valence-corrected chi connectivity index (χ3v) is 10.1. The van der Waals surface area contributed by atoms with Crippen LogP contribution in [0, 0.1) is 12.7 Å². The van der Waals surface area contributed by atoms with Gasteiger partial charge in [-0.2, -0.15) is 0 Å². The van der Waals surface area contributed by atoms with Crippen LogP contribution in [0.5, 0.6) is 0 Å². The van der Waals surface area contributed by atoms with Crippen LogP contribution in [-0.4, -0.2) is 64.2 Å². The molecule has 31 heavy (non-hydrogen) atoms. The summed E-state index contributed by atoms with van der Waals surface area (Å²) in [6.07, 6.45) is 1.58. The SMILES string of the molecule is CCN(CC)C(CN[C@H]1CS(=O)(=O)C[C@@H]1S(=O)(=O)c1ccc(F)cc1C)c1ccco1. The van der Waals surface area contributed by atoms with E-state index in [1.807, 2.05) is 19.9 Å². The van der Waals surface area contributed by atoms with Gasteiger partial charge >= 0.3 is 0 Å². The maximum absolute atomic E-state index is 13.5. The van der Waals surface area contributed by atoms with Gasteiger partial charge in [-0.1, -0.05) is 13.8 Å². The minimum atomic E-state index is -3.98. The first-order valence-corrected chi connectivity index (χ1v) is 13.7. The monoisotopic (exact) mass is 472 g/mol. The number of nitrogens with zero attached hydrogens (tertiary/aromatic N) is 1. The molecule has 0 spiro atoms. The zero-order chi connectivity index (χ0) is 22.8. The zero-order valence-electron chi connectivity index (χ0n) is 17.9. The Morgan fingerprint density at radius 1 is 1.23 bits per heavy atom. The number of sulfone groups is 2. The molecule has 1 aromatic carbocycles. The standard InChI is InChI=1S/C21H29FN2O5S2/c1-4-24(5-2)18(19-7-6-10-29-19)12-23-17-13-30(25,26)14-21(17)31(27,28)20-9-8-16(22)11-15(20)3/h6-11,17-18,21,23H,4-5,12-14H2,1-3H3/t17-,18?,21-/m0/s1. The smallest absolute Gasteiger partial charge is 0.184 e. The van der Waals surface area contributed by atoms with Crippen LogP contribution in [0.3, 0.4) is 0 Å². The summed E-state index contributed by atoms with van der Waals surface area (Å²) < 4.78 is 70.5. The quantitative estimate of drug-likeness (QED) is 0.560. The number of aryl methyl sites for hydroxylation is 1. The van der Waals surface area contributed by atoms with Crippen LogP contribution in [0.15, 0.2) is 45.9 Å². The molecule has 1 unspecified atom stereocenters. The van der Waals surface area contributed by atoms with Gasteiger partial charge in [-0.25, -0.2) is 21.2 Å². The normalized spacial score (nSPS) is 22.1. The van der Waals surface area contributed by atoms with Crippen LogP contribution >= 0.6 is 0 Å². The van der Waals surface area contributed by atoms with E-state index < -0.39 is 42.5 Å². The summed E-state index contributed by atoms with van der Waals surface area (Å²) >= 11 is 0. The molecule has 1 saturated heterocycles. The Labute approximate surface area is 183 Å². The molecule has 0 amide bonds. The molecule has 10 heteroatoms. The van der Waals surface area contributed by atoms with E-state index in [1.165, 1.54) is 13.0 Å². The van der Waals surface area contributed by atoms with Gasteiger partial charge in [-0.05, 0) is 55.9 Å². The second-order valence-electron chi connectivity index (χ2n) is 7.84. The summed E-state index contributed by atoms with van der Waals surface area (Å²) in [5.74, 6) is -0.530. The van der Waals surface area contributed by atoms with Crippen molar-refractivity contribution in [2.75, 3.05) is 31.1 Å². The van der Waals surface area contributed by atoms with Gasteiger partial charge in [0.25, 0.3) is 0 Å². The van der Waals surface area contributed by atoms with Gasteiger partial charge in [0, 0.05) is 12.6 Å². The second-order valence-corrected chi connectivity index (χ2v) is 12.1. The molecular formula is C21H29FN2O5S2. The summed E-state index contributed by atoms with van der Waals surface area (Å²) in [5, 5.41) is 2.05. The van der Waals surface area contributed by atoms with Crippen molar-refractivity contribution in [3.05, 3.63) is 53.7 Å². The lowest BCUT2D eigenvalue weighted by molar-refractivity contribution is 0.185. The van der Waals surface area contributed by atoms with Crippen molar-refractivity contribution >= 4 is 19.7 Å². The highest BCUT2D eigenvalue weighted by atomic mass is 32.2. The lowest BCUT2D eigenvalue weighted by Gasteiger charge is -2.30. The highest BCUT2D eigenvalue weighted by molar-refractivity contribution is 7.96. The van der Waals surface area contributed by atoms with Crippen LogP contribution in [0.25, 0.3) is 0 Å². The highest BCUT2D eigenvalue weighted by Crippen LogP contribution is 2.29. The number of halogens is 1. The summed E-state index contributed by atoms with van der Waals surface area (Å²) in [5.41, 5.74) is 0.264. The fraction of sp³-hybridized carbons (Fsp3) is 0.524. The molecule has 1 aliphatic rings. The van der Waals surface area contributed by atoms with Crippen molar-refractivity contribution in [3.8, 4) is 0 Å². The molecule has 7 nitrogen and oxygen atoms in total. The largest absolute Gasteiger partial charge is 0.468 e. The second kappa shape index (κ2) is 9.40. The van der Waals surface area contributed by atoms with Gasteiger partial charge in [0.05, 0.1) is 34.0 Å².